The van der Waals surface area contributed by atoms with Crippen molar-refractivity contribution < 1.29 is 4.42 Å². The highest BCUT2D eigenvalue weighted by molar-refractivity contribution is 6.18. The van der Waals surface area contributed by atoms with Crippen molar-refractivity contribution in [1.82, 2.24) is 15.0 Å². The lowest BCUT2D eigenvalue weighted by Gasteiger charge is -2.14. The molecule has 0 amide bonds. The Balaban J connectivity index is 1.05. The van der Waals surface area contributed by atoms with Crippen LogP contribution in [0.3, 0.4) is 0 Å². The van der Waals surface area contributed by atoms with Gasteiger partial charge in [0.25, 0.3) is 0 Å². The Morgan fingerprint density at radius 3 is 1.56 bits per heavy atom. The Morgan fingerprint density at radius 2 is 0.803 bits per heavy atom. The summed E-state index contributed by atoms with van der Waals surface area (Å²) in [7, 11) is 0. The second-order valence-electron chi connectivity index (χ2n) is 15.5. The maximum absolute atomic E-state index is 6.62. The SMILES string of the molecule is c1ccc(-c2cccc3cc(-c4nc(-c5cccc(-c6ccc(-c7ccccc7)c7ccccc67)c5)nc(-c5cccc6oc7c8ccccc8ccc7c56)n4)ccc23)cc1. The van der Waals surface area contributed by atoms with Gasteiger partial charge in [0.15, 0.2) is 17.5 Å². The van der Waals surface area contributed by atoms with E-state index in [0.29, 0.717) is 17.5 Å². The first-order valence-corrected chi connectivity index (χ1v) is 20.6. The molecule has 12 aromatic rings. The van der Waals surface area contributed by atoms with Crippen LogP contribution in [0.4, 0.5) is 0 Å². The van der Waals surface area contributed by atoms with Crippen molar-refractivity contribution >= 4 is 54.3 Å². The number of benzene rings is 10. The van der Waals surface area contributed by atoms with E-state index in [2.05, 4.69) is 200 Å². The molecular formula is C57H35N3O. The lowest BCUT2D eigenvalue weighted by atomic mass is 9.91. The molecule has 0 atom stereocenters. The Morgan fingerprint density at radius 1 is 0.279 bits per heavy atom. The number of furan rings is 1. The summed E-state index contributed by atoms with van der Waals surface area (Å²) in [4.78, 5) is 15.8. The van der Waals surface area contributed by atoms with Gasteiger partial charge in [-0.3, -0.25) is 0 Å². The van der Waals surface area contributed by atoms with E-state index >= 15 is 0 Å². The maximum atomic E-state index is 6.62. The van der Waals surface area contributed by atoms with Crippen LogP contribution in [0.15, 0.2) is 217 Å². The van der Waals surface area contributed by atoms with E-state index in [1.807, 2.05) is 12.1 Å². The molecule has 2 heterocycles. The van der Waals surface area contributed by atoms with Gasteiger partial charge in [0, 0.05) is 32.8 Å². The zero-order chi connectivity index (χ0) is 40.3. The van der Waals surface area contributed by atoms with E-state index in [4.69, 9.17) is 19.4 Å². The predicted octanol–water partition coefficient (Wildman–Crippen LogP) is 15.2. The van der Waals surface area contributed by atoms with Gasteiger partial charge in [-0.15, -0.1) is 0 Å². The summed E-state index contributed by atoms with van der Waals surface area (Å²) in [5.74, 6) is 1.79. The van der Waals surface area contributed by atoms with E-state index < -0.39 is 0 Å². The van der Waals surface area contributed by atoms with E-state index in [1.165, 1.54) is 38.4 Å². The normalized spacial score (nSPS) is 11.6. The summed E-state index contributed by atoms with van der Waals surface area (Å²) in [5.41, 5.74) is 11.4. The van der Waals surface area contributed by atoms with Crippen molar-refractivity contribution in [3.05, 3.63) is 212 Å². The molecule has 4 nitrogen and oxygen atoms in total. The fraction of sp³-hybridized carbons (Fsp3) is 0. The standard InChI is InChI=1S/C57H35N3O/c1-3-14-36(15-4-1)43-25-12-20-39-35-42(29-30-45(39)43)56-58-55(59-57(60-56)51-26-13-27-52-53(51)50-31-28-38-18-7-8-22-47(38)54(50)61-52)41-21-11-19-40(34-41)46-33-32-44(37-16-5-2-6-17-37)48-23-9-10-24-49(46)48/h1-35H. The molecule has 0 aliphatic heterocycles. The number of rotatable bonds is 6. The third-order valence-corrected chi connectivity index (χ3v) is 11.9. The first kappa shape index (κ1) is 34.8. The molecule has 4 heteroatoms. The molecule has 12 rings (SSSR count). The van der Waals surface area contributed by atoms with Crippen molar-refractivity contribution in [3.63, 3.8) is 0 Å². The van der Waals surface area contributed by atoms with Gasteiger partial charge in [0.1, 0.15) is 11.2 Å². The molecule has 0 saturated heterocycles. The molecule has 0 aliphatic carbocycles. The first-order valence-electron chi connectivity index (χ1n) is 20.6. The van der Waals surface area contributed by atoms with Crippen LogP contribution in [0.25, 0.3) is 122 Å². The molecule has 0 fully saturated rings. The zero-order valence-corrected chi connectivity index (χ0v) is 33.0. The molecule has 0 aliphatic rings. The van der Waals surface area contributed by atoms with Gasteiger partial charge >= 0.3 is 0 Å². The second kappa shape index (κ2) is 14.3. The Bertz CT molecular complexity index is 3650. The van der Waals surface area contributed by atoms with Crippen LogP contribution >= 0.6 is 0 Å². The fourth-order valence-corrected chi connectivity index (χ4v) is 9.03. The van der Waals surface area contributed by atoms with Gasteiger partial charge in [0.2, 0.25) is 0 Å². The van der Waals surface area contributed by atoms with E-state index in [1.54, 1.807) is 0 Å². The lowest BCUT2D eigenvalue weighted by Crippen LogP contribution is -2.00. The molecule has 0 unspecified atom stereocenters. The van der Waals surface area contributed by atoms with Crippen LogP contribution in [-0.4, -0.2) is 15.0 Å². The number of hydrogen-bond donors (Lipinski definition) is 0. The molecule has 10 aromatic carbocycles. The minimum absolute atomic E-state index is 0.586. The molecule has 0 saturated carbocycles. The molecule has 284 valence electrons. The minimum Gasteiger partial charge on any atom is -0.455 e. The highest BCUT2D eigenvalue weighted by atomic mass is 16.3. The Labute approximate surface area is 352 Å². The average molecular weight is 778 g/mol. The van der Waals surface area contributed by atoms with Crippen molar-refractivity contribution in [2.75, 3.05) is 0 Å². The molecule has 0 bridgehead atoms. The second-order valence-corrected chi connectivity index (χ2v) is 15.5. The van der Waals surface area contributed by atoms with Crippen molar-refractivity contribution in [2.24, 2.45) is 0 Å². The molecule has 0 radical (unpaired) electrons. The third-order valence-electron chi connectivity index (χ3n) is 11.9. The quantitative estimate of drug-likeness (QED) is 0.169. The summed E-state index contributed by atoms with van der Waals surface area (Å²) in [5, 5.41) is 8.91. The predicted molar refractivity (Wildman–Crippen MR) is 252 cm³/mol. The summed E-state index contributed by atoms with van der Waals surface area (Å²) in [6.07, 6.45) is 0. The minimum atomic E-state index is 0.586. The van der Waals surface area contributed by atoms with Crippen LogP contribution in [0.1, 0.15) is 0 Å². The molecule has 61 heavy (non-hydrogen) atoms. The van der Waals surface area contributed by atoms with Crippen LogP contribution < -0.4 is 0 Å². The van der Waals surface area contributed by atoms with Gasteiger partial charge in [-0.05, 0) is 84.6 Å². The van der Waals surface area contributed by atoms with Gasteiger partial charge in [-0.25, -0.2) is 15.0 Å². The monoisotopic (exact) mass is 777 g/mol. The molecular weight excluding hydrogens is 743 g/mol. The molecule has 0 N–H and O–H groups in total. The van der Waals surface area contributed by atoms with Crippen molar-refractivity contribution in [1.29, 1.82) is 0 Å². The number of hydrogen-bond acceptors (Lipinski definition) is 4. The largest absolute Gasteiger partial charge is 0.455 e. The lowest BCUT2D eigenvalue weighted by molar-refractivity contribution is 0.672. The van der Waals surface area contributed by atoms with E-state index in [0.717, 1.165) is 65.9 Å². The first-order chi connectivity index (χ1) is 30.2. The van der Waals surface area contributed by atoms with E-state index in [-0.39, 0.29) is 0 Å². The number of nitrogens with zero attached hydrogens (tertiary/aromatic N) is 3. The van der Waals surface area contributed by atoms with Gasteiger partial charge < -0.3 is 4.42 Å². The van der Waals surface area contributed by atoms with Crippen LogP contribution in [0, 0.1) is 0 Å². The van der Waals surface area contributed by atoms with Gasteiger partial charge in [0.05, 0.1) is 0 Å². The summed E-state index contributed by atoms with van der Waals surface area (Å²) < 4.78 is 6.62. The number of fused-ring (bicyclic) bond motifs is 7. The van der Waals surface area contributed by atoms with Crippen LogP contribution in [-0.2, 0) is 0 Å². The smallest absolute Gasteiger partial charge is 0.164 e. The number of aromatic nitrogens is 3. The van der Waals surface area contributed by atoms with Crippen molar-refractivity contribution in [2.45, 2.75) is 0 Å². The molecule has 2 aromatic heterocycles. The third kappa shape index (κ3) is 5.96. The highest BCUT2D eigenvalue weighted by Gasteiger charge is 2.20. The summed E-state index contributed by atoms with van der Waals surface area (Å²) in [6.45, 7) is 0. The summed E-state index contributed by atoms with van der Waals surface area (Å²) >= 11 is 0. The highest BCUT2D eigenvalue weighted by Crippen LogP contribution is 2.41. The van der Waals surface area contributed by atoms with Crippen molar-refractivity contribution in [3.8, 4) is 67.5 Å². The maximum Gasteiger partial charge on any atom is 0.164 e. The fourth-order valence-electron chi connectivity index (χ4n) is 9.03. The Hall–Kier alpha value is -8.21. The van der Waals surface area contributed by atoms with Crippen LogP contribution in [0.5, 0.6) is 0 Å². The van der Waals surface area contributed by atoms with Gasteiger partial charge in [-0.2, -0.15) is 0 Å². The van der Waals surface area contributed by atoms with Gasteiger partial charge in [-0.1, -0.05) is 188 Å². The van der Waals surface area contributed by atoms with Crippen LogP contribution in [0.2, 0.25) is 0 Å². The Kier molecular flexibility index (Phi) is 8.13. The molecule has 0 spiro atoms. The topological polar surface area (TPSA) is 51.8 Å². The summed E-state index contributed by atoms with van der Waals surface area (Å²) in [6, 6.07) is 74.6. The zero-order valence-electron chi connectivity index (χ0n) is 33.0. The average Bonchev–Trinajstić information content (AvgIpc) is 3.73. The van der Waals surface area contributed by atoms with E-state index in [9.17, 15) is 0 Å².